The molecule has 1 aromatic carbocycles. The largest absolute Gasteiger partial charge is 0.497 e. The fourth-order valence-electron chi connectivity index (χ4n) is 2.77. The SMILES string of the molecule is COc1ccc2c(c1)C(N)CC(C1CCOC1)O2. The van der Waals surface area contributed by atoms with Crippen molar-refractivity contribution in [2.45, 2.75) is 25.0 Å². The lowest BCUT2D eigenvalue weighted by Crippen LogP contribution is -2.35. The van der Waals surface area contributed by atoms with Crippen molar-refractivity contribution in [1.82, 2.24) is 0 Å². The standard InChI is InChI=1S/C14H19NO3/c1-16-10-2-3-13-11(6-10)12(15)7-14(18-13)9-4-5-17-8-9/h2-3,6,9,12,14H,4-5,7-8,15H2,1H3. The lowest BCUT2D eigenvalue weighted by Gasteiger charge is -2.33. The van der Waals surface area contributed by atoms with Gasteiger partial charge in [0, 0.05) is 30.6 Å². The Morgan fingerprint density at radius 2 is 2.28 bits per heavy atom. The summed E-state index contributed by atoms with van der Waals surface area (Å²) in [6.45, 7) is 1.64. The fourth-order valence-corrected chi connectivity index (χ4v) is 2.77. The predicted octanol–water partition coefficient (Wildman–Crippen LogP) is 1.88. The van der Waals surface area contributed by atoms with Crippen molar-refractivity contribution in [2.75, 3.05) is 20.3 Å². The second kappa shape index (κ2) is 4.78. The van der Waals surface area contributed by atoms with Crippen LogP contribution < -0.4 is 15.2 Å². The summed E-state index contributed by atoms with van der Waals surface area (Å²) in [7, 11) is 1.66. The van der Waals surface area contributed by atoms with Crippen LogP contribution in [0.1, 0.15) is 24.4 Å². The molecular formula is C14H19NO3. The normalized spacial score (nSPS) is 30.7. The minimum Gasteiger partial charge on any atom is -0.497 e. The van der Waals surface area contributed by atoms with Crippen LogP contribution in [-0.4, -0.2) is 26.4 Å². The van der Waals surface area contributed by atoms with Gasteiger partial charge in [-0.05, 0) is 24.6 Å². The van der Waals surface area contributed by atoms with E-state index in [-0.39, 0.29) is 12.1 Å². The molecule has 4 nitrogen and oxygen atoms in total. The van der Waals surface area contributed by atoms with E-state index >= 15 is 0 Å². The highest BCUT2D eigenvalue weighted by atomic mass is 16.5. The molecule has 2 N–H and O–H groups in total. The maximum atomic E-state index is 6.25. The number of hydrogen-bond acceptors (Lipinski definition) is 4. The summed E-state index contributed by atoms with van der Waals surface area (Å²) >= 11 is 0. The van der Waals surface area contributed by atoms with Gasteiger partial charge in [-0.3, -0.25) is 0 Å². The van der Waals surface area contributed by atoms with E-state index in [9.17, 15) is 0 Å². The summed E-state index contributed by atoms with van der Waals surface area (Å²) in [6, 6.07) is 5.87. The van der Waals surface area contributed by atoms with Gasteiger partial charge in [-0.2, -0.15) is 0 Å². The number of ether oxygens (including phenoxy) is 3. The summed E-state index contributed by atoms with van der Waals surface area (Å²) < 4.78 is 16.7. The van der Waals surface area contributed by atoms with Gasteiger partial charge in [-0.25, -0.2) is 0 Å². The van der Waals surface area contributed by atoms with Crippen LogP contribution >= 0.6 is 0 Å². The lowest BCUT2D eigenvalue weighted by atomic mass is 9.90. The van der Waals surface area contributed by atoms with Crippen molar-refractivity contribution in [3.05, 3.63) is 23.8 Å². The third kappa shape index (κ3) is 2.06. The molecule has 1 fully saturated rings. The van der Waals surface area contributed by atoms with E-state index in [0.29, 0.717) is 5.92 Å². The highest BCUT2D eigenvalue weighted by molar-refractivity contribution is 5.43. The molecule has 1 aromatic rings. The molecule has 0 bridgehead atoms. The Balaban J connectivity index is 1.83. The molecule has 2 aliphatic rings. The molecule has 1 saturated heterocycles. The third-order valence-electron chi connectivity index (χ3n) is 3.87. The van der Waals surface area contributed by atoms with Crippen LogP contribution in [0.5, 0.6) is 11.5 Å². The monoisotopic (exact) mass is 249 g/mol. The number of rotatable bonds is 2. The third-order valence-corrected chi connectivity index (χ3v) is 3.87. The minimum absolute atomic E-state index is 0.0226. The summed E-state index contributed by atoms with van der Waals surface area (Å²) in [5.41, 5.74) is 7.30. The average Bonchev–Trinajstić information content (AvgIpc) is 2.92. The first-order chi connectivity index (χ1) is 8.78. The summed E-state index contributed by atoms with van der Waals surface area (Å²) in [4.78, 5) is 0. The maximum Gasteiger partial charge on any atom is 0.124 e. The average molecular weight is 249 g/mol. The Morgan fingerprint density at radius 3 is 3.00 bits per heavy atom. The van der Waals surface area contributed by atoms with E-state index in [0.717, 1.165) is 43.1 Å². The van der Waals surface area contributed by atoms with Crippen LogP contribution in [0.4, 0.5) is 0 Å². The second-order valence-corrected chi connectivity index (χ2v) is 5.03. The molecule has 3 rings (SSSR count). The van der Waals surface area contributed by atoms with Crippen LogP contribution in [0, 0.1) is 5.92 Å². The molecule has 0 amide bonds. The van der Waals surface area contributed by atoms with Gasteiger partial charge in [0.25, 0.3) is 0 Å². The zero-order chi connectivity index (χ0) is 12.5. The van der Waals surface area contributed by atoms with Crippen LogP contribution in [0.2, 0.25) is 0 Å². The van der Waals surface area contributed by atoms with Crippen molar-refractivity contribution in [3.63, 3.8) is 0 Å². The first kappa shape index (κ1) is 11.8. The van der Waals surface area contributed by atoms with E-state index in [2.05, 4.69) is 0 Å². The van der Waals surface area contributed by atoms with Gasteiger partial charge >= 0.3 is 0 Å². The van der Waals surface area contributed by atoms with Crippen LogP contribution in [0.15, 0.2) is 18.2 Å². The van der Waals surface area contributed by atoms with E-state index in [1.807, 2.05) is 18.2 Å². The van der Waals surface area contributed by atoms with Crippen molar-refractivity contribution < 1.29 is 14.2 Å². The molecule has 3 unspecified atom stereocenters. The molecule has 0 saturated carbocycles. The molecule has 98 valence electrons. The second-order valence-electron chi connectivity index (χ2n) is 5.03. The molecule has 0 aliphatic carbocycles. The number of nitrogens with two attached hydrogens (primary N) is 1. The van der Waals surface area contributed by atoms with Gasteiger partial charge in [0.1, 0.15) is 17.6 Å². The van der Waals surface area contributed by atoms with E-state index in [4.69, 9.17) is 19.9 Å². The van der Waals surface area contributed by atoms with Gasteiger partial charge in [0.05, 0.1) is 13.7 Å². The van der Waals surface area contributed by atoms with Gasteiger partial charge in [-0.15, -0.1) is 0 Å². The Hall–Kier alpha value is -1.26. The maximum absolute atomic E-state index is 6.25. The van der Waals surface area contributed by atoms with Crippen molar-refractivity contribution in [3.8, 4) is 11.5 Å². The van der Waals surface area contributed by atoms with Gasteiger partial charge < -0.3 is 19.9 Å². The summed E-state index contributed by atoms with van der Waals surface area (Å²) in [5.74, 6) is 2.20. The highest BCUT2D eigenvalue weighted by Gasteiger charge is 2.34. The highest BCUT2D eigenvalue weighted by Crippen LogP contribution is 2.39. The van der Waals surface area contributed by atoms with Crippen LogP contribution in [0.25, 0.3) is 0 Å². The van der Waals surface area contributed by atoms with Gasteiger partial charge in [-0.1, -0.05) is 0 Å². The zero-order valence-electron chi connectivity index (χ0n) is 10.6. The molecule has 0 radical (unpaired) electrons. The number of benzene rings is 1. The topological polar surface area (TPSA) is 53.7 Å². The van der Waals surface area contributed by atoms with Gasteiger partial charge in [0.2, 0.25) is 0 Å². The molecular weight excluding hydrogens is 230 g/mol. The molecule has 3 atom stereocenters. The fraction of sp³-hybridized carbons (Fsp3) is 0.571. The number of hydrogen-bond donors (Lipinski definition) is 1. The van der Waals surface area contributed by atoms with E-state index < -0.39 is 0 Å². The van der Waals surface area contributed by atoms with Crippen LogP contribution in [0.3, 0.4) is 0 Å². The predicted molar refractivity (Wildman–Crippen MR) is 67.9 cm³/mol. The van der Waals surface area contributed by atoms with E-state index in [1.54, 1.807) is 7.11 Å². The molecule has 0 spiro atoms. The minimum atomic E-state index is 0.0226. The zero-order valence-corrected chi connectivity index (χ0v) is 10.6. The Kier molecular flexibility index (Phi) is 3.14. The lowest BCUT2D eigenvalue weighted by molar-refractivity contribution is 0.0853. The smallest absolute Gasteiger partial charge is 0.124 e. The van der Waals surface area contributed by atoms with Crippen LogP contribution in [-0.2, 0) is 4.74 Å². The summed E-state index contributed by atoms with van der Waals surface area (Å²) in [5, 5.41) is 0. The molecule has 18 heavy (non-hydrogen) atoms. The Labute approximate surface area is 107 Å². The first-order valence-electron chi connectivity index (χ1n) is 6.46. The Morgan fingerprint density at radius 1 is 1.39 bits per heavy atom. The molecule has 0 aromatic heterocycles. The number of methoxy groups -OCH3 is 1. The van der Waals surface area contributed by atoms with Gasteiger partial charge in [0.15, 0.2) is 0 Å². The Bertz CT molecular complexity index is 429. The first-order valence-corrected chi connectivity index (χ1v) is 6.46. The quantitative estimate of drug-likeness (QED) is 0.869. The molecule has 2 heterocycles. The van der Waals surface area contributed by atoms with Crippen molar-refractivity contribution in [1.29, 1.82) is 0 Å². The number of fused-ring (bicyclic) bond motifs is 1. The molecule has 2 aliphatic heterocycles. The summed E-state index contributed by atoms with van der Waals surface area (Å²) in [6.07, 6.45) is 2.11. The molecule has 4 heteroatoms. The van der Waals surface area contributed by atoms with Crippen molar-refractivity contribution in [2.24, 2.45) is 11.7 Å². The van der Waals surface area contributed by atoms with Crippen molar-refractivity contribution >= 4 is 0 Å². The van der Waals surface area contributed by atoms with E-state index in [1.165, 1.54) is 0 Å².